The Morgan fingerprint density at radius 3 is 2.44 bits per heavy atom. The molecule has 0 N–H and O–H groups in total. The molecule has 0 aliphatic carbocycles. The van der Waals surface area contributed by atoms with Crippen molar-refractivity contribution in [3.63, 3.8) is 0 Å². The van der Waals surface area contributed by atoms with E-state index >= 15 is 0 Å². The molecule has 2 rings (SSSR count). The predicted octanol–water partition coefficient (Wildman–Crippen LogP) is 5.67. The van der Waals surface area contributed by atoms with Gasteiger partial charge >= 0.3 is 0 Å². The Kier molecular flexibility index (Phi) is 3.67. The van der Waals surface area contributed by atoms with Gasteiger partial charge in [-0.15, -0.1) is 0 Å². The van der Waals surface area contributed by atoms with Crippen LogP contribution >= 0.6 is 43.5 Å². The second-order valence-corrected chi connectivity index (χ2v) is 5.28. The van der Waals surface area contributed by atoms with Crippen LogP contribution in [0.25, 0.3) is 11.1 Å². The van der Waals surface area contributed by atoms with Gasteiger partial charge in [0.15, 0.2) is 0 Å². The molecule has 0 nitrogen and oxygen atoms in total. The highest BCUT2D eigenvalue weighted by atomic mass is 79.9. The van der Waals surface area contributed by atoms with Crippen molar-refractivity contribution in [1.82, 2.24) is 0 Å². The zero-order valence-electron chi connectivity index (χ0n) is 7.98. The molecule has 0 bridgehead atoms. The first-order valence-corrected chi connectivity index (χ1v) is 6.45. The zero-order chi connectivity index (χ0) is 11.7. The first-order chi connectivity index (χ1) is 7.59. The van der Waals surface area contributed by atoms with Gasteiger partial charge in [0.05, 0.1) is 5.02 Å². The molecule has 2 aromatic carbocycles. The molecule has 0 saturated carbocycles. The third-order valence-corrected chi connectivity index (χ3v) is 4.23. The van der Waals surface area contributed by atoms with E-state index in [0.717, 1.165) is 15.6 Å². The third-order valence-electron chi connectivity index (χ3n) is 2.17. The highest BCUT2D eigenvalue weighted by Crippen LogP contribution is 2.37. The average molecular weight is 364 g/mol. The highest BCUT2D eigenvalue weighted by molar-refractivity contribution is 9.11. The normalized spacial score (nSPS) is 10.5. The average Bonchev–Trinajstić information content (AvgIpc) is 2.23. The van der Waals surface area contributed by atoms with Crippen LogP contribution in [0.2, 0.25) is 5.02 Å². The van der Waals surface area contributed by atoms with Gasteiger partial charge in [0, 0.05) is 8.95 Å². The van der Waals surface area contributed by atoms with Gasteiger partial charge in [-0.05, 0) is 45.3 Å². The molecule has 0 aliphatic heterocycles. The van der Waals surface area contributed by atoms with Crippen LogP contribution in [0.3, 0.4) is 0 Å². The minimum Gasteiger partial charge on any atom is -0.207 e. The first-order valence-electron chi connectivity index (χ1n) is 4.49. The Balaban J connectivity index is 2.63. The van der Waals surface area contributed by atoms with Crippen molar-refractivity contribution in [3.05, 3.63) is 56.2 Å². The van der Waals surface area contributed by atoms with Crippen LogP contribution in [-0.2, 0) is 0 Å². The van der Waals surface area contributed by atoms with Crippen molar-refractivity contribution in [2.24, 2.45) is 0 Å². The minimum absolute atomic E-state index is 0.270. The largest absolute Gasteiger partial charge is 0.207 e. The van der Waals surface area contributed by atoms with Gasteiger partial charge in [0.25, 0.3) is 0 Å². The van der Waals surface area contributed by atoms with Crippen molar-refractivity contribution < 1.29 is 4.39 Å². The lowest BCUT2D eigenvalue weighted by molar-refractivity contribution is 0.627. The molecular formula is C12H6Br2ClF. The molecule has 4 heteroatoms. The van der Waals surface area contributed by atoms with E-state index in [2.05, 4.69) is 31.9 Å². The fourth-order valence-corrected chi connectivity index (χ4v) is 2.64. The molecule has 0 unspecified atom stereocenters. The number of benzene rings is 2. The Labute approximate surface area is 115 Å². The Morgan fingerprint density at radius 1 is 1.00 bits per heavy atom. The monoisotopic (exact) mass is 362 g/mol. The van der Waals surface area contributed by atoms with E-state index in [-0.39, 0.29) is 5.82 Å². The van der Waals surface area contributed by atoms with Crippen LogP contribution in [0, 0.1) is 5.82 Å². The van der Waals surface area contributed by atoms with E-state index in [9.17, 15) is 4.39 Å². The number of hydrogen-bond acceptors (Lipinski definition) is 0. The lowest BCUT2D eigenvalue weighted by atomic mass is 10.1. The second-order valence-electron chi connectivity index (χ2n) is 3.23. The smallest absolute Gasteiger partial charge is 0.124 e. The highest BCUT2D eigenvalue weighted by Gasteiger charge is 2.09. The predicted molar refractivity (Wildman–Crippen MR) is 72.2 cm³/mol. The summed E-state index contributed by atoms with van der Waals surface area (Å²) in [6.07, 6.45) is 0. The van der Waals surface area contributed by atoms with Gasteiger partial charge in [-0.2, -0.15) is 0 Å². The summed E-state index contributed by atoms with van der Waals surface area (Å²) in [6, 6.07) is 10.2. The Bertz CT molecular complexity index is 541. The summed E-state index contributed by atoms with van der Waals surface area (Å²) in [4.78, 5) is 0. The van der Waals surface area contributed by atoms with E-state index in [0.29, 0.717) is 9.50 Å². The molecule has 0 aliphatic rings. The lowest BCUT2D eigenvalue weighted by Gasteiger charge is -2.08. The summed E-state index contributed by atoms with van der Waals surface area (Å²) in [5, 5.41) is 0.633. The SMILES string of the molecule is Fc1ccc(-c2cccc(Cl)c2Br)c(Br)c1. The van der Waals surface area contributed by atoms with Gasteiger partial charge in [-0.3, -0.25) is 0 Å². The number of halogens is 4. The minimum atomic E-state index is -0.270. The van der Waals surface area contributed by atoms with Crippen molar-refractivity contribution in [2.45, 2.75) is 0 Å². The fraction of sp³-hybridized carbons (Fsp3) is 0. The summed E-state index contributed by atoms with van der Waals surface area (Å²) in [5.41, 5.74) is 1.83. The topological polar surface area (TPSA) is 0 Å². The summed E-state index contributed by atoms with van der Waals surface area (Å²) < 4.78 is 14.5. The van der Waals surface area contributed by atoms with Crippen molar-refractivity contribution in [3.8, 4) is 11.1 Å². The van der Waals surface area contributed by atoms with E-state index in [1.165, 1.54) is 12.1 Å². The van der Waals surface area contributed by atoms with Crippen LogP contribution in [-0.4, -0.2) is 0 Å². The van der Waals surface area contributed by atoms with Gasteiger partial charge < -0.3 is 0 Å². The summed E-state index contributed by atoms with van der Waals surface area (Å²) in [6.45, 7) is 0. The van der Waals surface area contributed by atoms with Crippen molar-refractivity contribution >= 4 is 43.5 Å². The van der Waals surface area contributed by atoms with Gasteiger partial charge in [-0.1, -0.05) is 45.7 Å². The third kappa shape index (κ3) is 2.31. The van der Waals surface area contributed by atoms with Gasteiger partial charge in [0.2, 0.25) is 0 Å². The number of hydrogen-bond donors (Lipinski definition) is 0. The fourth-order valence-electron chi connectivity index (χ4n) is 1.42. The molecule has 0 amide bonds. The molecule has 0 aromatic heterocycles. The van der Waals surface area contributed by atoms with Crippen LogP contribution in [0.5, 0.6) is 0 Å². The molecule has 0 saturated heterocycles. The van der Waals surface area contributed by atoms with E-state index < -0.39 is 0 Å². The Morgan fingerprint density at radius 2 is 1.75 bits per heavy atom. The summed E-state index contributed by atoms with van der Waals surface area (Å²) >= 11 is 12.8. The Hall–Kier alpha value is -0.380. The summed E-state index contributed by atoms with van der Waals surface area (Å²) in [7, 11) is 0. The van der Waals surface area contributed by atoms with Crippen molar-refractivity contribution in [1.29, 1.82) is 0 Å². The van der Waals surface area contributed by atoms with Gasteiger partial charge in [0.1, 0.15) is 5.82 Å². The molecular weight excluding hydrogens is 358 g/mol. The van der Waals surface area contributed by atoms with Crippen LogP contribution < -0.4 is 0 Å². The van der Waals surface area contributed by atoms with E-state index in [1.807, 2.05) is 12.1 Å². The lowest BCUT2D eigenvalue weighted by Crippen LogP contribution is -1.84. The van der Waals surface area contributed by atoms with E-state index in [4.69, 9.17) is 11.6 Å². The maximum Gasteiger partial charge on any atom is 0.124 e. The second kappa shape index (κ2) is 4.86. The molecule has 0 heterocycles. The van der Waals surface area contributed by atoms with Crippen molar-refractivity contribution in [2.75, 3.05) is 0 Å². The summed E-state index contributed by atoms with van der Waals surface area (Å²) in [5.74, 6) is -0.270. The molecule has 0 atom stereocenters. The molecule has 0 fully saturated rings. The molecule has 2 aromatic rings. The standard InChI is InChI=1S/C12H6Br2ClF/c13-10-6-7(16)4-5-8(10)9-2-1-3-11(15)12(9)14/h1-6H. The molecule has 0 radical (unpaired) electrons. The number of rotatable bonds is 1. The van der Waals surface area contributed by atoms with Crippen LogP contribution in [0.15, 0.2) is 45.3 Å². The molecule has 0 spiro atoms. The molecule has 82 valence electrons. The first kappa shape index (κ1) is 12.1. The van der Waals surface area contributed by atoms with Crippen LogP contribution in [0.4, 0.5) is 4.39 Å². The molecule has 16 heavy (non-hydrogen) atoms. The quantitative estimate of drug-likeness (QED) is 0.611. The van der Waals surface area contributed by atoms with Crippen LogP contribution in [0.1, 0.15) is 0 Å². The maximum atomic E-state index is 13.0. The van der Waals surface area contributed by atoms with Gasteiger partial charge in [-0.25, -0.2) is 4.39 Å². The maximum absolute atomic E-state index is 13.0. The van der Waals surface area contributed by atoms with E-state index in [1.54, 1.807) is 12.1 Å². The zero-order valence-corrected chi connectivity index (χ0v) is 11.9.